The molecule has 0 aliphatic carbocycles. The van der Waals surface area contributed by atoms with Crippen molar-refractivity contribution in [3.05, 3.63) is 71.5 Å². The molecule has 1 saturated heterocycles. The van der Waals surface area contributed by atoms with Crippen molar-refractivity contribution in [2.24, 2.45) is 0 Å². The second-order valence-corrected chi connectivity index (χ2v) is 7.29. The Labute approximate surface area is 154 Å². The van der Waals surface area contributed by atoms with Crippen molar-refractivity contribution in [2.45, 2.75) is 32.1 Å². The Morgan fingerprint density at radius 1 is 1.08 bits per heavy atom. The van der Waals surface area contributed by atoms with Crippen LogP contribution in [0, 0.1) is 6.92 Å². The molecular weight excluding hydrogens is 322 g/mol. The molecule has 3 heteroatoms. The van der Waals surface area contributed by atoms with Crippen molar-refractivity contribution in [3.8, 4) is 0 Å². The Balaban J connectivity index is 1.31. The number of fused-ring (bicyclic) bond motifs is 1. The predicted octanol–water partition coefficient (Wildman–Crippen LogP) is 5.19. The van der Waals surface area contributed by atoms with Crippen molar-refractivity contribution in [3.63, 3.8) is 0 Å². The van der Waals surface area contributed by atoms with E-state index in [0.29, 0.717) is 18.1 Å². The second kappa shape index (κ2) is 7.46. The van der Waals surface area contributed by atoms with E-state index in [1.165, 1.54) is 24.0 Å². The Morgan fingerprint density at radius 2 is 1.81 bits per heavy atom. The quantitative estimate of drug-likeness (QED) is 0.595. The maximum absolute atomic E-state index is 12.5. The third-order valence-corrected chi connectivity index (χ3v) is 5.57. The van der Waals surface area contributed by atoms with E-state index < -0.39 is 0 Å². The molecule has 26 heavy (non-hydrogen) atoms. The fraction of sp³-hybridized carbons (Fsp3) is 0.348. The van der Waals surface area contributed by atoms with Gasteiger partial charge >= 0.3 is 0 Å². The molecule has 1 fully saturated rings. The second-order valence-electron chi connectivity index (χ2n) is 7.29. The van der Waals surface area contributed by atoms with Gasteiger partial charge in [-0.25, -0.2) is 0 Å². The van der Waals surface area contributed by atoms with Crippen LogP contribution >= 0.6 is 0 Å². The lowest BCUT2D eigenvalue weighted by Crippen LogP contribution is -2.34. The summed E-state index contributed by atoms with van der Waals surface area (Å²) in [5.41, 5.74) is 3.67. The fourth-order valence-corrected chi connectivity index (χ4v) is 4.01. The minimum absolute atomic E-state index is 0.0993. The van der Waals surface area contributed by atoms with Gasteiger partial charge in [0.05, 0.1) is 0 Å². The Hall–Kier alpha value is -2.39. The van der Waals surface area contributed by atoms with Crippen LogP contribution in [-0.4, -0.2) is 30.3 Å². The summed E-state index contributed by atoms with van der Waals surface area (Å²) in [6, 6.07) is 18.4. The highest BCUT2D eigenvalue weighted by Gasteiger charge is 2.22. The zero-order valence-corrected chi connectivity index (χ0v) is 15.3. The summed E-state index contributed by atoms with van der Waals surface area (Å²) in [5, 5.41) is 0.995. The molecule has 0 amide bonds. The highest BCUT2D eigenvalue weighted by Crippen LogP contribution is 2.30. The molecule has 2 heterocycles. The van der Waals surface area contributed by atoms with Gasteiger partial charge in [0.25, 0.3) is 0 Å². The van der Waals surface area contributed by atoms with Gasteiger partial charge in [-0.2, -0.15) is 0 Å². The monoisotopic (exact) mass is 347 g/mol. The predicted molar refractivity (Wildman–Crippen MR) is 105 cm³/mol. The molecule has 2 aromatic carbocycles. The van der Waals surface area contributed by atoms with E-state index in [1.54, 1.807) is 0 Å². The first-order valence-corrected chi connectivity index (χ1v) is 9.50. The summed E-state index contributed by atoms with van der Waals surface area (Å²) in [5.74, 6) is 1.24. The van der Waals surface area contributed by atoms with Crippen LogP contribution < -0.4 is 0 Å². The van der Waals surface area contributed by atoms with E-state index in [1.807, 2.05) is 30.3 Å². The summed E-state index contributed by atoms with van der Waals surface area (Å²) in [4.78, 5) is 14.9. The average molecular weight is 347 g/mol. The van der Waals surface area contributed by atoms with Crippen LogP contribution in [0.15, 0.2) is 59.0 Å². The number of carbonyl (C=O) groups is 1. The summed E-state index contributed by atoms with van der Waals surface area (Å²) < 4.78 is 5.69. The summed E-state index contributed by atoms with van der Waals surface area (Å²) in [7, 11) is 0. The van der Waals surface area contributed by atoms with Gasteiger partial charge < -0.3 is 9.32 Å². The number of aryl methyl sites for hydroxylation is 1. The Morgan fingerprint density at radius 3 is 2.58 bits per heavy atom. The first-order chi connectivity index (χ1) is 12.7. The number of nitrogens with zero attached hydrogens (tertiary/aromatic N) is 1. The van der Waals surface area contributed by atoms with Crippen molar-refractivity contribution < 1.29 is 9.21 Å². The fourth-order valence-electron chi connectivity index (χ4n) is 4.01. The van der Waals surface area contributed by atoms with Gasteiger partial charge in [0.2, 0.25) is 0 Å². The van der Waals surface area contributed by atoms with E-state index in [0.717, 1.165) is 30.6 Å². The number of likely N-dealkylation sites (tertiary alicyclic amines) is 1. The summed E-state index contributed by atoms with van der Waals surface area (Å²) >= 11 is 0. The lowest BCUT2D eigenvalue weighted by atomic mass is 9.87. The SMILES string of the molecule is Cc1ccccc1C1CCN(CCC(=O)c2cc3ccccc3o2)CC1. The molecule has 0 N–H and O–H groups in total. The lowest BCUT2D eigenvalue weighted by Gasteiger charge is -2.32. The van der Waals surface area contributed by atoms with Gasteiger partial charge in [0.1, 0.15) is 5.58 Å². The van der Waals surface area contributed by atoms with E-state index >= 15 is 0 Å². The van der Waals surface area contributed by atoms with Crippen LogP contribution in [0.1, 0.15) is 46.9 Å². The smallest absolute Gasteiger partial charge is 0.199 e. The molecule has 0 unspecified atom stereocenters. The maximum Gasteiger partial charge on any atom is 0.199 e. The third-order valence-electron chi connectivity index (χ3n) is 5.57. The van der Waals surface area contributed by atoms with Crippen LogP contribution in [0.3, 0.4) is 0 Å². The first kappa shape index (κ1) is 17.0. The van der Waals surface area contributed by atoms with Gasteiger partial charge in [0, 0.05) is 18.4 Å². The van der Waals surface area contributed by atoms with Gasteiger partial charge in [-0.3, -0.25) is 4.79 Å². The van der Waals surface area contributed by atoms with Crippen molar-refractivity contribution >= 4 is 16.8 Å². The highest BCUT2D eigenvalue weighted by molar-refractivity contribution is 5.97. The van der Waals surface area contributed by atoms with Gasteiger partial charge in [-0.1, -0.05) is 42.5 Å². The number of benzene rings is 2. The number of hydrogen-bond donors (Lipinski definition) is 0. The van der Waals surface area contributed by atoms with Crippen LogP contribution in [0.4, 0.5) is 0 Å². The normalized spacial score (nSPS) is 16.2. The average Bonchev–Trinajstić information content (AvgIpc) is 3.11. The van der Waals surface area contributed by atoms with Gasteiger partial charge in [-0.05, 0) is 62.0 Å². The Bertz CT molecular complexity index is 870. The minimum atomic E-state index is 0.0993. The van der Waals surface area contributed by atoms with Crippen LogP contribution in [0.5, 0.6) is 0 Å². The molecule has 0 saturated carbocycles. The molecule has 0 radical (unpaired) electrons. The standard InChI is InChI=1S/C23H25NO2/c1-17-6-2-4-8-20(17)18-10-13-24(14-11-18)15-12-21(25)23-16-19-7-3-5-9-22(19)26-23/h2-9,16,18H,10-15H2,1H3. The summed E-state index contributed by atoms with van der Waals surface area (Å²) in [6.45, 7) is 5.14. The number of piperidine rings is 1. The van der Waals surface area contributed by atoms with Gasteiger partial charge in [0.15, 0.2) is 11.5 Å². The van der Waals surface area contributed by atoms with Crippen molar-refractivity contribution in [1.29, 1.82) is 0 Å². The van der Waals surface area contributed by atoms with Gasteiger partial charge in [-0.15, -0.1) is 0 Å². The number of ketones is 1. The third kappa shape index (κ3) is 3.58. The zero-order chi connectivity index (χ0) is 17.9. The molecule has 0 spiro atoms. The molecule has 134 valence electrons. The molecule has 1 aliphatic heterocycles. The molecular formula is C23H25NO2. The largest absolute Gasteiger partial charge is 0.453 e. The molecule has 3 nitrogen and oxygen atoms in total. The molecule has 4 rings (SSSR count). The molecule has 1 aromatic heterocycles. The van der Waals surface area contributed by atoms with Crippen molar-refractivity contribution in [1.82, 2.24) is 4.90 Å². The maximum atomic E-state index is 12.5. The van der Waals surface area contributed by atoms with E-state index in [2.05, 4.69) is 36.1 Å². The number of rotatable bonds is 5. The zero-order valence-electron chi connectivity index (χ0n) is 15.3. The number of furan rings is 1. The molecule has 0 atom stereocenters. The van der Waals surface area contributed by atoms with Crippen LogP contribution in [0.25, 0.3) is 11.0 Å². The number of carbonyl (C=O) groups excluding carboxylic acids is 1. The van der Waals surface area contributed by atoms with E-state index in [-0.39, 0.29) is 5.78 Å². The van der Waals surface area contributed by atoms with E-state index in [9.17, 15) is 4.79 Å². The molecule has 1 aliphatic rings. The molecule has 0 bridgehead atoms. The number of para-hydroxylation sites is 1. The van der Waals surface area contributed by atoms with Crippen LogP contribution in [-0.2, 0) is 0 Å². The Kier molecular flexibility index (Phi) is 4.89. The first-order valence-electron chi connectivity index (χ1n) is 9.50. The topological polar surface area (TPSA) is 33.5 Å². The number of hydrogen-bond acceptors (Lipinski definition) is 3. The van der Waals surface area contributed by atoms with Crippen LogP contribution in [0.2, 0.25) is 0 Å². The highest BCUT2D eigenvalue weighted by atomic mass is 16.3. The molecule has 3 aromatic rings. The van der Waals surface area contributed by atoms with E-state index in [4.69, 9.17) is 4.42 Å². The van der Waals surface area contributed by atoms with Crippen molar-refractivity contribution in [2.75, 3.05) is 19.6 Å². The lowest BCUT2D eigenvalue weighted by molar-refractivity contribution is 0.0931. The summed E-state index contributed by atoms with van der Waals surface area (Å²) in [6.07, 6.45) is 2.86. The number of Topliss-reactive ketones (excluding diaryl/α,β-unsaturated/α-hetero) is 1. The minimum Gasteiger partial charge on any atom is -0.453 e.